The van der Waals surface area contributed by atoms with Crippen LogP contribution in [0.15, 0.2) is 68.7 Å². The molecule has 0 radical (unpaired) electrons. The molecule has 0 aliphatic carbocycles. The number of benzene rings is 2. The third-order valence-corrected chi connectivity index (χ3v) is 5.19. The van der Waals surface area contributed by atoms with Crippen LogP contribution < -0.4 is 21.9 Å². The van der Waals surface area contributed by atoms with Crippen molar-refractivity contribution in [3.63, 3.8) is 0 Å². The van der Waals surface area contributed by atoms with Crippen molar-refractivity contribution in [1.82, 2.24) is 9.55 Å². The van der Waals surface area contributed by atoms with Crippen molar-refractivity contribution in [2.24, 2.45) is 0 Å². The number of aromatic amines is 1. The van der Waals surface area contributed by atoms with E-state index in [-0.39, 0.29) is 5.82 Å². The Kier molecular flexibility index (Phi) is 5.81. The van der Waals surface area contributed by atoms with E-state index in [1.807, 2.05) is 66.4 Å². The second-order valence-corrected chi connectivity index (χ2v) is 7.02. The fraction of sp³-hybridized carbons (Fsp3) is 0.200. The highest BCUT2D eigenvalue weighted by atomic mass is 79.9. The van der Waals surface area contributed by atoms with E-state index in [2.05, 4.69) is 20.9 Å². The lowest BCUT2D eigenvalue weighted by atomic mass is 10.2. The molecule has 0 saturated heterocycles. The maximum atomic E-state index is 12.5. The zero-order valence-electron chi connectivity index (χ0n) is 15.0. The van der Waals surface area contributed by atoms with Gasteiger partial charge in [-0.25, -0.2) is 4.79 Å². The molecule has 0 atom stereocenters. The Labute approximate surface area is 165 Å². The minimum absolute atomic E-state index is 0.168. The van der Waals surface area contributed by atoms with Crippen LogP contribution in [0, 0.1) is 0 Å². The molecule has 0 unspecified atom stereocenters. The predicted octanol–water partition coefficient (Wildman–Crippen LogP) is 2.96. The van der Waals surface area contributed by atoms with Gasteiger partial charge in [-0.05, 0) is 24.1 Å². The maximum absolute atomic E-state index is 12.5. The molecular weight excluding hydrogens is 408 g/mol. The molecule has 0 amide bonds. The molecule has 140 valence electrons. The number of aromatic nitrogens is 2. The van der Waals surface area contributed by atoms with E-state index < -0.39 is 11.2 Å². The molecule has 7 heteroatoms. The Morgan fingerprint density at radius 3 is 2.41 bits per heavy atom. The molecule has 1 heterocycles. The summed E-state index contributed by atoms with van der Waals surface area (Å²) >= 11 is 3.53. The lowest BCUT2D eigenvalue weighted by molar-refractivity contribution is 0.717. The summed E-state index contributed by atoms with van der Waals surface area (Å²) in [6.07, 6.45) is 0. The average molecular weight is 429 g/mol. The average Bonchev–Trinajstić information content (AvgIpc) is 2.66. The predicted molar refractivity (Wildman–Crippen MR) is 112 cm³/mol. The minimum atomic E-state index is -0.512. The number of H-pyrrole nitrogens is 1. The highest BCUT2D eigenvalue weighted by Crippen LogP contribution is 2.23. The molecule has 3 N–H and O–H groups in total. The van der Waals surface area contributed by atoms with Crippen LogP contribution in [-0.4, -0.2) is 16.1 Å². The fourth-order valence-corrected chi connectivity index (χ4v) is 3.40. The molecule has 0 saturated carbocycles. The van der Waals surface area contributed by atoms with Crippen LogP contribution in [-0.2, 0) is 13.1 Å². The number of halogens is 1. The molecule has 3 rings (SSSR count). The Morgan fingerprint density at radius 1 is 1.07 bits per heavy atom. The van der Waals surface area contributed by atoms with Crippen molar-refractivity contribution in [2.45, 2.75) is 20.0 Å². The van der Waals surface area contributed by atoms with Crippen LogP contribution in [0.4, 0.5) is 11.5 Å². The molecule has 2 aromatic carbocycles. The standard InChI is InChI=1S/C20H21BrN4O2/c1-2-24(13-15-10-6-7-11-16(15)21)17-18(22)25(20(27)23-19(17)26)12-14-8-4-3-5-9-14/h3-11H,2,12-13,22H2,1H3,(H,23,26,27). The molecular formula is C20H21BrN4O2. The van der Waals surface area contributed by atoms with Crippen molar-refractivity contribution < 1.29 is 0 Å². The van der Waals surface area contributed by atoms with Crippen LogP contribution in [0.5, 0.6) is 0 Å². The van der Waals surface area contributed by atoms with Gasteiger partial charge in [-0.1, -0.05) is 64.5 Å². The first-order valence-electron chi connectivity index (χ1n) is 8.66. The largest absolute Gasteiger partial charge is 0.383 e. The van der Waals surface area contributed by atoms with E-state index in [1.165, 1.54) is 4.57 Å². The zero-order valence-corrected chi connectivity index (χ0v) is 16.6. The Balaban J connectivity index is 2.03. The monoisotopic (exact) mass is 428 g/mol. The van der Waals surface area contributed by atoms with Crippen LogP contribution in [0.25, 0.3) is 0 Å². The summed E-state index contributed by atoms with van der Waals surface area (Å²) in [6.45, 7) is 3.30. The first-order chi connectivity index (χ1) is 13.0. The first-order valence-corrected chi connectivity index (χ1v) is 9.45. The highest BCUT2D eigenvalue weighted by Gasteiger charge is 2.19. The van der Waals surface area contributed by atoms with E-state index in [1.54, 1.807) is 0 Å². The van der Waals surface area contributed by atoms with Gasteiger partial charge in [0.15, 0.2) is 0 Å². The van der Waals surface area contributed by atoms with Gasteiger partial charge < -0.3 is 10.6 Å². The van der Waals surface area contributed by atoms with Crippen molar-refractivity contribution in [2.75, 3.05) is 17.2 Å². The number of rotatable bonds is 6. The van der Waals surface area contributed by atoms with Crippen molar-refractivity contribution in [1.29, 1.82) is 0 Å². The summed E-state index contributed by atoms with van der Waals surface area (Å²) in [7, 11) is 0. The van der Waals surface area contributed by atoms with Crippen molar-refractivity contribution >= 4 is 27.4 Å². The van der Waals surface area contributed by atoms with Gasteiger partial charge in [0.2, 0.25) is 0 Å². The third kappa shape index (κ3) is 4.14. The molecule has 0 aliphatic heterocycles. The maximum Gasteiger partial charge on any atom is 0.330 e. The highest BCUT2D eigenvalue weighted by molar-refractivity contribution is 9.10. The van der Waals surface area contributed by atoms with E-state index >= 15 is 0 Å². The van der Waals surface area contributed by atoms with Crippen LogP contribution in [0.3, 0.4) is 0 Å². The molecule has 27 heavy (non-hydrogen) atoms. The number of hydrogen-bond acceptors (Lipinski definition) is 4. The molecule has 0 aliphatic rings. The smallest absolute Gasteiger partial charge is 0.330 e. The van der Waals surface area contributed by atoms with Crippen LogP contribution >= 0.6 is 15.9 Å². The number of anilines is 2. The van der Waals surface area contributed by atoms with Crippen molar-refractivity contribution in [3.05, 3.63) is 91.0 Å². The topological polar surface area (TPSA) is 84.1 Å². The number of nitrogens with zero attached hydrogens (tertiary/aromatic N) is 2. The molecule has 6 nitrogen and oxygen atoms in total. The molecule has 1 aromatic heterocycles. The second-order valence-electron chi connectivity index (χ2n) is 6.17. The summed E-state index contributed by atoms with van der Waals surface area (Å²) in [5.41, 5.74) is 7.57. The molecule has 0 spiro atoms. The molecule has 0 fully saturated rings. The molecule has 3 aromatic rings. The molecule has 0 bridgehead atoms. The van der Waals surface area contributed by atoms with Gasteiger partial charge in [-0.2, -0.15) is 0 Å². The summed E-state index contributed by atoms with van der Waals surface area (Å²) in [5, 5.41) is 0. The second kappa shape index (κ2) is 8.26. The SMILES string of the molecule is CCN(Cc1ccccc1Br)c1c(N)n(Cc2ccccc2)c(=O)[nH]c1=O. The lowest BCUT2D eigenvalue weighted by Gasteiger charge is -2.25. The van der Waals surface area contributed by atoms with Gasteiger partial charge in [0.25, 0.3) is 5.56 Å². The van der Waals surface area contributed by atoms with E-state index in [4.69, 9.17) is 5.73 Å². The number of nitrogen functional groups attached to an aromatic ring is 1. The minimum Gasteiger partial charge on any atom is -0.383 e. The van der Waals surface area contributed by atoms with Gasteiger partial charge in [-0.15, -0.1) is 0 Å². The van der Waals surface area contributed by atoms with Gasteiger partial charge in [0.05, 0.1) is 6.54 Å². The third-order valence-electron chi connectivity index (χ3n) is 4.41. The number of nitrogens with two attached hydrogens (primary N) is 1. The van der Waals surface area contributed by atoms with Crippen molar-refractivity contribution in [3.8, 4) is 0 Å². The van der Waals surface area contributed by atoms with Crippen LogP contribution in [0.2, 0.25) is 0 Å². The first kappa shape index (κ1) is 19.0. The Hall–Kier alpha value is -2.80. The summed E-state index contributed by atoms with van der Waals surface area (Å²) < 4.78 is 2.35. The van der Waals surface area contributed by atoms with Gasteiger partial charge in [0, 0.05) is 17.6 Å². The number of hydrogen-bond donors (Lipinski definition) is 2. The summed E-state index contributed by atoms with van der Waals surface area (Å²) in [5.74, 6) is 0.168. The van der Waals surface area contributed by atoms with E-state index in [0.717, 1.165) is 15.6 Å². The summed E-state index contributed by atoms with van der Waals surface area (Å²) in [6, 6.07) is 17.3. The zero-order chi connectivity index (χ0) is 19.4. The van der Waals surface area contributed by atoms with Gasteiger partial charge >= 0.3 is 5.69 Å². The lowest BCUT2D eigenvalue weighted by Crippen LogP contribution is -2.38. The Morgan fingerprint density at radius 2 is 1.74 bits per heavy atom. The normalized spacial score (nSPS) is 10.7. The fourth-order valence-electron chi connectivity index (χ4n) is 2.99. The van der Waals surface area contributed by atoms with Crippen LogP contribution in [0.1, 0.15) is 18.1 Å². The van der Waals surface area contributed by atoms with Gasteiger partial charge in [0.1, 0.15) is 11.5 Å². The van der Waals surface area contributed by atoms with Gasteiger partial charge in [-0.3, -0.25) is 14.3 Å². The Bertz CT molecular complexity index is 1040. The quantitative estimate of drug-likeness (QED) is 0.631. The van der Waals surface area contributed by atoms with E-state index in [9.17, 15) is 9.59 Å². The van der Waals surface area contributed by atoms with E-state index in [0.29, 0.717) is 25.3 Å². The summed E-state index contributed by atoms with van der Waals surface area (Å²) in [4.78, 5) is 29.2. The number of nitrogens with one attached hydrogen (secondary N) is 1.